The minimum Gasteiger partial charge on any atom is -0.310 e. The molecule has 636 valence electrons. The molecule has 16 fully saturated rings. The summed E-state index contributed by atoms with van der Waals surface area (Å²) in [7, 11) is 0. The summed E-state index contributed by atoms with van der Waals surface area (Å²) in [5, 5.41) is 0. The minimum atomic E-state index is -0.196. The van der Waals surface area contributed by atoms with Crippen LogP contribution in [-0.4, -0.2) is 0 Å². The van der Waals surface area contributed by atoms with Crippen molar-refractivity contribution in [1.82, 2.24) is 0 Å². The van der Waals surface area contributed by atoms with E-state index in [1.165, 1.54) is 295 Å². The first kappa shape index (κ1) is 78.6. The molecule has 17 atom stereocenters. The third kappa shape index (κ3) is 11.9. The molecule has 124 heavy (non-hydrogen) atoms. The monoisotopic (exact) mass is 1630 g/mol. The maximum atomic E-state index is 2.79. The molecule has 0 N–H and O–H groups in total. The molecular weight excluding hydrogens is 1500 g/mol. The Bertz CT molecular complexity index is 5970. The molecule has 0 amide bonds. The highest BCUT2D eigenvalue weighted by atomic mass is 15.2. The molecule has 16 saturated carbocycles. The Balaban J connectivity index is 0.768. The highest BCUT2D eigenvalue weighted by Gasteiger charge is 2.65. The van der Waals surface area contributed by atoms with E-state index < -0.39 is 0 Å². The van der Waals surface area contributed by atoms with Gasteiger partial charge in [0.2, 0.25) is 0 Å². The summed E-state index contributed by atoms with van der Waals surface area (Å²) in [5.41, 5.74) is 42.3. The number of benzene rings is 9. The van der Waals surface area contributed by atoms with E-state index in [1.807, 2.05) is 0 Å². The van der Waals surface area contributed by atoms with Gasteiger partial charge in [0.1, 0.15) is 0 Å². The van der Waals surface area contributed by atoms with Crippen molar-refractivity contribution >= 4 is 62.9 Å². The molecule has 19 aliphatic rings. The molecule has 4 heteroatoms. The summed E-state index contributed by atoms with van der Waals surface area (Å²) in [6.45, 7) is 40.4. The summed E-state index contributed by atoms with van der Waals surface area (Å²) in [5.74, 6) is 3.01. The van der Waals surface area contributed by atoms with Crippen molar-refractivity contribution in [3.8, 4) is 0 Å². The van der Waals surface area contributed by atoms with Crippen molar-refractivity contribution in [3.05, 3.63) is 300 Å². The van der Waals surface area contributed by atoms with Crippen LogP contribution in [0.5, 0.6) is 0 Å². The van der Waals surface area contributed by atoms with Gasteiger partial charge in [-0.05, 0) is 454 Å². The third-order valence-corrected chi connectivity index (χ3v) is 37.3. The van der Waals surface area contributed by atoms with E-state index in [0.717, 1.165) is 30.1 Å². The molecule has 0 aromatic heterocycles. The maximum Gasteiger partial charge on any atom is 0.0558 e. The Kier molecular flexibility index (Phi) is 16.8. The van der Waals surface area contributed by atoms with Crippen LogP contribution in [0.2, 0.25) is 0 Å². The number of para-hydroxylation sites is 4. The summed E-state index contributed by atoms with van der Waals surface area (Å²) < 4.78 is 0. The van der Waals surface area contributed by atoms with Crippen LogP contribution >= 0.6 is 0 Å². The lowest BCUT2D eigenvalue weighted by Gasteiger charge is -2.65. The van der Waals surface area contributed by atoms with Gasteiger partial charge in [-0.25, -0.2) is 0 Å². The van der Waals surface area contributed by atoms with E-state index in [1.54, 1.807) is 22.3 Å². The fraction of sp³-hybridized carbons (Fsp3) is 0.483. The van der Waals surface area contributed by atoms with Crippen molar-refractivity contribution in [2.75, 3.05) is 19.6 Å². The lowest BCUT2D eigenvalue weighted by molar-refractivity contribution is -0.110. The van der Waals surface area contributed by atoms with Crippen LogP contribution in [0.15, 0.2) is 217 Å². The molecular formula is C120H136N4. The van der Waals surface area contributed by atoms with Gasteiger partial charge in [0.05, 0.1) is 45.5 Å². The zero-order valence-electron chi connectivity index (χ0n) is 77.9. The minimum absolute atomic E-state index is 0.192. The molecule has 9 aromatic rings. The number of nitrogens with zero attached hydrogens (tertiary/aromatic N) is 4. The van der Waals surface area contributed by atoms with Crippen LogP contribution in [0, 0.1) is 122 Å². The Labute approximate surface area is 743 Å². The quantitative estimate of drug-likeness (QED) is 0.0956. The SMILES string of the molecule is Cc1cccc(C)c1N(C1=CC(N(c2ccc(C34CC5C[C@@](C)(C3)C[C@](C)(C5)C4)cc2)c2c(C)cccc2C)=C2C=Cc3c(N(c4ccc(C56CC7C[C@@](C)(C5)C[C@](C)(C7)C6)cc4)c4c(C)cccc4C)cc(N(c4ccc(C56CC7C[C@@](C)(C5)C[C@](C)(C7)C6)cc4)c4c(C)cccc4C)c4c3C2C1=CC4)c1ccc(C23CC4C[C@@](C)(C2)C[C@](C)(C4)C3)cc1. The number of hydrogen-bond acceptors (Lipinski definition) is 4. The topological polar surface area (TPSA) is 13.0 Å². The normalized spacial score (nSPS) is 35.9. The average Bonchev–Trinajstić information content (AvgIpc) is 0.709. The Hall–Kier alpha value is -8.86. The first-order valence-corrected chi connectivity index (χ1v) is 49.1. The molecule has 9 unspecified atom stereocenters. The molecule has 0 aliphatic heterocycles. The predicted octanol–water partition coefficient (Wildman–Crippen LogP) is 32.5. The van der Waals surface area contributed by atoms with Crippen LogP contribution in [-0.2, 0) is 28.1 Å². The van der Waals surface area contributed by atoms with E-state index >= 15 is 0 Å². The van der Waals surface area contributed by atoms with Crippen LogP contribution in [0.25, 0.3) is 6.08 Å². The summed E-state index contributed by atoms with van der Waals surface area (Å²) in [4.78, 5) is 11.1. The van der Waals surface area contributed by atoms with Gasteiger partial charge in [-0.3, -0.25) is 0 Å². The van der Waals surface area contributed by atoms with E-state index in [4.69, 9.17) is 0 Å². The number of rotatable bonds is 16. The Morgan fingerprint density at radius 1 is 0.282 bits per heavy atom. The molecule has 9 aromatic carbocycles. The van der Waals surface area contributed by atoms with E-state index in [9.17, 15) is 0 Å². The van der Waals surface area contributed by atoms with Crippen LogP contribution in [0.4, 0.5) is 56.9 Å². The largest absolute Gasteiger partial charge is 0.310 e. The lowest BCUT2D eigenvalue weighted by atomic mass is 9.39. The third-order valence-electron chi connectivity index (χ3n) is 37.3. The summed E-state index contributed by atoms with van der Waals surface area (Å²) in [6, 6.07) is 72.8. The molecule has 0 heterocycles. The van der Waals surface area contributed by atoms with Crippen molar-refractivity contribution in [3.63, 3.8) is 0 Å². The second kappa shape index (κ2) is 26.4. The van der Waals surface area contributed by atoms with Gasteiger partial charge in [-0.1, -0.05) is 195 Å². The van der Waals surface area contributed by atoms with Gasteiger partial charge >= 0.3 is 0 Å². The van der Waals surface area contributed by atoms with E-state index in [-0.39, 0.29) is 27.6 Å². The molecule has 0 saturated heterocycles. The van der Waals surface area contributed by atoms with Gasteiger partial charge in [-0.15, -0.1) is 0 Å². The number of hydrogen-bond donors (Lipinski definition) is 0. The summed E-state index contributed by atoms with van der Waals surface area (Å²) >= 11 is 0. The Morgan fingerprint density at radius 2 is 0.556 bits per heavy atom. The van der Waals surface area contributed by atoms with E-state index in [0.29, 0.717) is 43.3 Å². The maximum absolute atomic E-state index is 2.79. The molecule has 0 radical (unpaired) electrons. The second-order valence-electron chi connectivity index (χ2n) is 49.4. The molecule has 16 bridgehead atoms. The highest BCUT2D eigenvalue weighted by molar-refractivity contribution is 5.97. The summed E-state index contributed by atoms with van der Waals surface area (Å²) in [6.07, 6.45) is 43.8. The van der Waals surface area contributed by atoms with Crippen LogP contribution in [0.3, 0.4) is 0 Å². The number of aryl methyl sites for hydroxylation is 8. The highest BCUT2D eigenvalue weighted by Crippen LogP contribution is 2.75. The first-order valence-electron chi connectivity index (χ1n) is 49.1. The Morgan fingerprint density at radius 3 is 0.863 bits per heavy atom. The number of anilines is 10. The van der Waals surface area contributed by atoms with Crippen molar-refractivity contribution in [2.45, 2.75) is 299 Å². The standard InChI is InChI=1S/C120H136N4/c1-75-21-17-22-76(2)105(75)121(91-37-29-87(30-38-91)117-59-83-51-109(9,67-117)63-110(10,52-83)68-117)99-49-100(122(106-77(3)23-18-24-78(106)4)92-39-31-88(32-40-92)118-60-84-53-111(11,69-118)64-112(12,54-84)70-118)96-47-48-98-102(124(108-81(7)27-20-28-82(108)8)94-43-35-90(36-44-94)120-62-86-57-115(15,73-120)66-116(16,58-86)74-120)50-101(97-46-45-95(99)103(96)104(97)98)123(107-79(5)25-19-26-80(107)6)93-41-33-89(34-42-93)119-61-85-55-113(13,71-119)65-114(14,56-85)72-119/h17-47,49-50,83-86,103H,48,51-74H2,1-16H3/t83?,84?,85?,86?,103?,109-,110+,111-,112+,113-,114+,115-,116+,117?,118?,119?,120?. The fourth-order valence-corrected chi connectivity index (χ4v) is 37.2. The van der Waals surface area contributed by atoms with Gasteiger partial charge in [-0.2, -0.15) is 0 Å². The number of allylic oxidation sites excluding steroid dienone is 5. The van der Waals surface area contributed by atoms with Gasteiger partial charge in [0.15, 0.2) is 0 Å². The predicted molar refractivity (Wildman–Crippen MR) is 519 cm³/mol. The van der Waals surface area contributed by atoms with Crippen LogP contribution in [0.1, 0.15) is 299 Å². The van der Waals surface area contributed by atoms with Crippen molar-refractivity contribution in [1.29, 1.82) is 0 Å². The molecule has 4 nitrogen and oxygen atoms in total. The molecule has 19 aliphatic carbocycles. The molecule has 0 spiro atoms. The van der Waals surface area contributed by atoms with Gasteiger partial charge < -0.3 is 19.6 Å². The van der Waals surface area contributed by atoms with Gasteiger partial charge in [0.25, 0.3) is 0 Å². The zero-order chi connectivity index (χ0) is 85.0. The fourth-order valence-electron chi connectivity index (χ4n) is 37.2. The van der Waals surface area contributed by atoms with Crippen molar-refractivity contribution in [2.24, 2.45) is 67.0 Å². The first-order chi connectivity index (χ1) is 59.1. The van der Waals surface area contributed by atoms with Crippen LogP contribution < -0.4 is 19.6 Å². The average molecular weight is 1630 g/mol. The molecule has 28 rings (SSSR count). The van der Waals surface area contributed by atoms with Crippen molar-refractivity contribution < 1.29 is 0 Å². The second-order valence-corrected chi connectivity index (χ2v) is 49.4. The smallest absolute Gasteiger partial charge is 0.0558 e. The van der Waals surface area contributed by atoms with Gasteiger partial charge in [0, 0.05) is 34.2 Å². The zero-order valence-corrected chi connectivity index (χ0v) is 77.9. The lowest BCUT2D eigenvalue weighted by Crippen LogP contribution is -2.56. The van der Waals surface area contributed by atoms with E-state index in [2.05, 4.69) is 331 Å².